The van der Waals surface area contributed by atoms with Crippen LogP contribution in [0.1, 0.15) is 22.8 Å². The largest absolute Gasteiger partial charge is 0.497 e. The lowest BCUT2D eigenvalue weighted by atomic mass is 10.1. The number of nitrogens with zero attached hydrogens (tertiary/aromatic N) is 3. The molecule has 0 aliphatic heterocycles. The van der Waals surface area contributed by atoms with Gasteiger partial charge in [0.1, 0.15) is 11.6 Å². The van der Waals surface area contributed by atoms with Crippen molar-refractivity contribution in [1.29, 1.82) is 0 Å². The first-order valence-electron chi connectivity index (χ1n) is 9.22. The highest BCUT2D eigenvalue weighted by molar-refractivity contribution is 5.99. The molecule has 0 spiro atoms. The summed E-state index contributed by atoms with van der Waals surface area (Å²) in [5, 5.41) is 7.04. The Morgan fingerprint density at radius 1 is 1.28 bits per heavy atom. The van der Waals surface area contributed by atoms with Crippen LogP contribution in [0.25, 0.3) is 11.1 Å². The van der Waals surface area contributed by atoms with E-state index >= 15 is 0 Å². The summed E-state index contributed by atoms with van der Waals surface area (Å²) in [4.78, 5) is 16.8. The number of aryl methyl sites for hydroxylation is 1. The maximum atomic E-state index is 12.7. The second-order valence-electron chi connectivity index (χ2n) is 6.80. The molecule has 2 heterocycles. The average molecular weight is 395 g/mol. The number of pyridine rings is 1. The van der Waals surface area contributed by atoms with Crippen molar-refractivity contribution in [3.05, 3.63) is 60.0 Å². The summed E-state index contributed by atoms with van der Waals surface area (Å²) in [6.07, 6.45) is 5.19. The summed E-state index contributed by atoms with van der Waals surface area (Å²) in [5.74, 6) is 0.668. The van der Waals surface area contributed by atoms with E-state index in [9.17, 15) is 4.79 Å². The van der Waals surface area contributed by atoms with Crippen LogP contribution in [0.3, 0.4) is 0 Å². The maximum absolute atomic E-state index is 12.7. The van der Waals surface area contributed by atoms with E-state index < -0.39 is 0 Å². The van der Waals surface area contributed by atoms with Crippen molar-refractivity contribution in [2.24, 2.45) is 7.05 Å². The minimum atomic E-state index is -0.293. The third-order valence-corrected chi connectivity index (χ3v) is 4.35. The van der Waals surface area contributed by atoms with Crippen LogP contribution in [0, 0.1) is 0 Å². The summed E-state index contributed by atoms with van der Waals surface area (Å²) in [6, 6.07) is 9.19. The first-order chi connectivity index (χ1) is 14.0. The second-order valence-corrected chi connectivity index (χ2v) is 6.80. The van der Waals surface area contributed by atoms with Crippen molar-refractivity contribution in [1.82, 2.24) is 20.1 Å². The number of benzene rings is 1. The molecule has 0 aliphatic carbocycles. The number of hydrogen-bond acceptors (Lipinski definition) is 6. The van der Waals surface area contributed by atoms with Crippen LogP contribution >= 0.6 is 0 Å². The van der Waals surface area contributed by atoms with Crippen molar-refractivity contribution in [3.8, 4) is 16.9 Å². The number of carbonyl (C=O) groups excluding carboxylic acids is 1. The summed E-state index contributed by atoms with van der Waals surface area (Å²) in [7, 11) is 3.45. The monoisotopic (exact) mass is 395 g/mol. The molecular weight excluding hydrogens is 370 g/mol. The number of hydrogen-bond donors (Lipinski definition) is 2. The number of nitrogens with one attached hydrogen (secondary N) is 1. The molecule has 29 heavy (non-hydrogen) atoms. The van der Waals surface area contributed by atoms with Gasteiger partial charge in [-0.15, -0.1) is 0 Å². The van der Waals surface area contributed by atoms with Gasteiger partial charge in [0, 0.05) is 36.6 Å². The zero-order valence-corrected chi connectivity index (χ0v) is 16.8. The number of nitrogens with two attached hydrogens (primary N) is 1. The van der Waals surface area contributed by atoms with E-state index in [2.05, 4.69) is 15.4 Å². The van der Waals surface area contributed by atoms with Crippen molar-refractivity contribution in [2.75, 3.05) is 19.5 Å². The van der Waals surface area contributed by atoms with Gasteiger partial charge in [0.15, 0.2) is 0 Å². The topological polar surface area (TPSA) is 104 Å². The highest BCUT2D eigenvalue weighted by Crippen LogP contribution is 2.21. The molecule has 3 aromatic rings. The number of rotatable bonds is 8. The molecule has 0 fully saturated rings. The van der Waals surface area contributed by atoms with Crippen molar-refractivity contribution in [3.63, 3.8) is 0 Å². The van der Waals surface area contributed by atoms with Crippen molar-refractivity contribution < 1.29 is 14.3 Å². The normalized spacial score (nSPS) is 11.8. The number of anilines is 1. The lowest BCUT2D eigenvalue weighted by Gasteiger charge is -2.15. The Morgan fingerprint density at radius 2 is 2.10 bits per heavy atom. The van der Waals surface area contributed by atoms with E-state index in [1.807, 2.05) is 44.4 Å². The minimum absolute atomic E-state index is 0.180. The maximum Gasteiger partial charge on any atom is 0.255 e. The van der Waals surface area contributed by atoms with Crippen LogP contribution in [-0.2, 0) is 18.4 Å². The van der Waals surface area contributed by atoms with Gasteiger partial charge in [0.2, 0.25) is 0 Å². The zero-order chi connectivity index (χ0) is 20.8. The molecule has 1 atom stereocenters. The van der Waals surface area contributed by atoms with Gasteiger partial charge < -0.3 is 20.5 Å². The van der Waals surface area contributed by atoms with Gasteiger partial charge in [0.05, 0.1) is 32.1 Å². The zero-order valence-electron chi connectivity index (χ0n) is 16.8. The Labute approximate surface area is 169 Å². The number of methoxy groups -OCH3 is 1. The van der Waals surface area contributed by atoms with Crippen LogP contribution in [0.5, 0.6) is 5.75 Å². The fourth-order valence-electron chi connectivity index (χ4n) is 2.84. The fraction of sp³-hybridized carbons (Fsp3) is 0.286. The number of carbonyl (C=O) groups is 1. The Bertz CT molecular complexity index is 986. The van der Waals surface area contributed by atoms with E-state index in [4.69, 9.17) is 15.2 Å². The molecule has 2 aromatic heterocycles. The van der Waals surface area contributed by atoms with Crippen LogP contribution in [-0.4, -0.2) is 40.4 Å². The van der Waals surface area contributed by atoms with Crippen molar-refractivity contribution >= 4 is 11.7 Å². The molecule has 8 nitrogen and oxygen atoms in total. The van der Waals surface area contributed by atoms with E-state index in [1.165, 1.54) is 0 Å². The quantitative estimate of drug-likeness (QED) is 0.607. The molecule has 0 saturated heterocycles. The molecule has 152 valence electrons. The molecule has 3 N–H and O–H groups in total. The highest BCUT2D eigenvalue weighted by Gasteiger charge is 2.15. The lowest BCUT2D eigenvalue weighted by Crippen LogP contribution is -2.36. The third-order valence-electron chi connectivity index (χ3n) is 4.35. The smallest absolute Gasteiger partial charge is 0.255 e. The molecule has 0 saturated carbocycles. The Morgan fingerprint density at radius 3 is 2.83 bits per heavy atom. The Hall–Kier alpha value is -3.39. The number of amides is 1. The summed E-state index contributed by atoms with van der Waals surface area (Å²) in [6.45, 7) is 2.66. The van der Waals surface area contributed by atoms with Gasteiger partial charge in [-0.3, -0.25) is 9.48 Å². The highest BCUT2D eigenvalue weighted by atomic mass is 16.5. The van der Waals surface area contributed by atoms with Gasteiger partial charge in [-0.2, -0.15) is 5.10 Å². The van der Waals surface area contributed by atoms with E-state index in [0.29, 0.717) is 18.8 Å². The van der Waals surface area contributed by atoms with E-state index in [1.54, 1.807) is 30.3 Å². The molecule has 0 radical (unpaired) electrons. The summed E-state index contributed by atoms with van der Waals surface area (Å²) < 4.78 is 12.6. The summed E-state index contributed by atoms with van der Waals surface area (Å²) >= 11 is 0. The molecule has 0 unspecified atom stereocenters. The molecule has 8 heteroatoms. The Kier molecular flexibility index (Phi) is 6.46. The average Bonchev–Trinajstić information content (AvgIpc) is 3.14. The molecule has 3 rings (SSSR count). The van der Waals surface area contributed by atoms with Crippen LogP contribution in [0.2, 0.25) is 0 Å². The molecule has 1 aromatic carbocycles. The standard InChI is InChI=1S/C21H25N5O3/c1-14(12-29-13-15-5-4-6-18(7-15)28-3)25-21(27)19-8-16(9-23-20(19)22)17-10-24-26(2)11-17/h4-11,14H,12-13H2,1-3H3,(H2,22,23)(H,25,27)/t14-/m1/s1. The first kappa shape index (κ1) is 20.3. The van der Waals surface area contributed by atoms with Crippen LogP contribution in [0.4, 0.5) is 5.82 Å². The van der Waals surface area contributed by atoms with Gasteiger partial charge in [-0.1, -0.05) is 12.1 Å². The lowest BCUT2D eigenvalue weighted by molar-refractivity contribution is 0.0820. The van der Waals surface area contributed by atoms with Gasteiger partial charge in [-0.05, 0) is 30.7 Å². The Balaban J connectivity index is 1.57. The van der Waals surface area contributed by atoms with Gasteiger partial charge >= 0.3 is 0 Å². The summed E-state index contributed by atoms with van der Waals surface area (Å²) in [5.41, 5.74) is 8.88. The molecule has 0 aliphatic rings. The molecular formula is C21H25N5O3. The van der Waals surface area contributed by atoms with E-state index in [-0.39, 0.29) is 17.8 Å². The second kappa shape index (κ2) is 9.20. The SMILES string of the molecule is COc1cccc(COC[C@@H](C)NC(=O)c2cc(-c3cnn(C)c3)cnc2N)c1. The predicted molar refractivity (Wildman–Crippen MR) is 110 cm³/mol. The van der Waals surface area contributed by atoms with Crippen LogP contribution in [0.15, 0.2) is 48.9 Å². The molecule has 1 amide bonds. The molecule has 0 bridgehead atoms. The fourth-order valence-corrected chi connectivity index (χ4v) is 2.84. The number of aromatic nitrogens is 3. The van der Waals surface area contributed by atoms with Crippen molar-refractivity contribution in [2.45, 2.75) is 19.6 Å². The predicted octanol–water partition coefficient (Wildman–Crippen LogP) is 2.41. The number of nitrogen functional groups attached to an aromatic ring is 1. The number of ether oxygens (including phenoxy) is 2. The first-order valence-corrected chi connectivity index (χ1v) is 9.22. The van der Waals surface area contributed by atoms with Gasteiger partial charge in [0.25, 0.3) is 5.91 Å². The van der Waals surface area contributed by atoms with E-state index in [0.717, 1.165) is 22.4 Å². The van der Waals surface area contributed by atoms with Crippen LogP contribution < -0.4 is 15.8 Å². The van der Waals surface area contributed by atoms with Gasteiger partial charge in [-0.25, -0.2) is 4.98 Å². The minimum Gasteiger partial charge on any atom is -0.497 e. The third kappa shape index (κ3) is 5.32.